The summed E-state index contributed by atoms with van der Waals surface area (Å²) in [4.78, 5) is 14.5. The lowest BCUT2D eigenvalue weighted by Crippen LogP contribution is -2.49. The van der Waals surface area contributed by atoms with Crippen molar-refractivity contribution in [2.24, 2.45) is 11.7 Å². The monoisotopic (exact) mass is 314 g/mol. The summed E-state index contributed by atoms with van der Waals surface area (Å²) in [6.45, 7) is 3.38. The van der Waals surface area contributed by atoms with Crippen LogP contribution in [0.1, 0.15) is 36.5 Å². The number of hydrogen-bond donors (Lipinski definition) is 1. The van der Waals surface area contributed by atoms with Gasteiger partial charge in [0.15, 0.2) is 0 Å². The van der Waals surface area contributed by atoms with Gasteiger partial charge in [0.05, 0.1) is 15.6 Å². The van der Waals surface area contributed by atoms with E-state index < -0.39 is 0 Å². The SMILES string of the molecule is CCC1CCN(C(=O)c2c(Cl)cccc2Cl)C(CN)C1. The third-order valence-electron chi connectivity index (χ3n) is 4.11. The summed E-state index contributed by atoms with van der Waals surface area (Å²) < 4.78 is 0. The molecule has 1 aliphatic rings. The molecule has 20 heavy (non-hydrogen) atoms. The van der Waals surface area contributed by atoms with E-state index in [0.29, 0.717) is 28.1 Å². The van der Waals surface area contributed by atoms with Gasteiger partial charge in [-0.3, -0.25) is 4.79 Å². The van der Waals surface area contributed by atoms with E-state index in [1.807, 2.05) is 4.90 Å². The average molecular weight is 315 g/mol. The molecule has 0 saturated carbocycles. The fourth-order valence-corrected chi connectivity index (χ4v) is 3.40. The zero-order valence-electron chi connectivity index (χ0n) is 11.6. The summed E-state index contributed by atoms with van der Waals surface area (Å²) in [5.41, 5.74) is 6.24. The Morgan fingerprint density at radius 2 is 2.05 bits per heavy atom. The molecule has 1 aliphatic heterocycles. The highest BCUT2D eigenvalue weighted by Gasteiger charge is 2.32. The van der Waals surface area contributed by atoms with E-state index in [2.05, 4.69) is 6.92 Å². The van der Waals surface area contributed by atoms with Crippen LogP contribution in [0.3, 0.4) is 0 Å². The van der Waals surface area contributed by atoms with Gasteiger partial charge in [0.2, 0.25) is 0 Å². The second kappa shape index (κ2) is 6.79. The predicted octanol–water partition coefficient (Wildman–Crippen LogP) is 3.58. The Balaban J connectivity index is 2.24. The molecular formula is C15H20Cl2N2O. The molecule has 5 heteroatoms. The molecule has 1 aromatic rings. The van der Waals surface area contributed by atoms with Gasteiger partial charge in [-0.25, -0.2) is 0 Å². The van der Waals surface area contributed by atoms with Crippen molar-refractivity contribution in [3.05, 3.63) is 33.8 Å². The molecule has 1 saturated heterocycles. The lowest BCUT2D eigenvalue weighted by atomic mass is 9.88. The maximum Gasteiger partial charge on any atom is 0.257 e. The smallest absolute Gasteiger partial charge is 0.257 e. The number of nitrogens with two attached hydrogens (primary N) is 1. The van der Waals surface area contributed by atoms with Crippen LogP contribution in [0, 0.1) is 5.92 Å². The minimum Gasteiger partial charge on any atom is -0.334 e. The van der Waals surface area contributed by atoms with Crippen molar-refractivity contribution in [3.8, 4) is 0 Å². The second-order valence-corrected chi connectivity index (χ2v) is 6.10. The van der Waals surface area contributed by atoms with Crippen LogP contribution in [0.5, 0.6) is 0 Å². The fourth-order valence-electron chi connectivity index (χ4n) is 2.84. The Morgan fingerprint density at radius 3 is 2.60 bits per heavy atom. The first-order valence-corrected chi connectivity index (χ1v) is 7.79. The highest BCUT2D eigenvalue weighted by Crippen LogP contribution is 2.30. The van der Waals surface area contributed by atoms with Gasteiger partial charge in [-0.05, 0) is 30.9 Å². The van der Waals surface area contributed by atoms with Crippen molar-refractivity contribution in [1.82, 2.24) is 4.90 Å². The first-order valence-electron chi connectivity index (χ1n) is 7.03. The van der Waals surface area contributed by atoms with Gasteiger partial charge in [0, 0.05) is 19.1 Å². The number of hydrogen-bond acceptors (Lipinski definition) is 2. The lowest BCUT2D eigenvalue weighted by Gasteiger charge is -2.39. The Kier molecular flexibility index (Phi) is 5.30. The molecule has 1 fully saturated rings. The molecule has 1 heterocycles. The molecule has 1 amide bonds. The van der Waals surface area contributed by atoms with Crippen LogP contribution in [0.15, 0.2) is 18.2 Å². The summed E-state index contributed by atoms with van der Waals surface area (Å²) >= 11 is 12.3. The Hall–Kier alpha value is -0.770. The number of nitrogens with zero attached hydrogens (tertiary/aromatic N) is 1. The van der Waals surface area contributed by atoms with Crippen LogP contribution in [-0.2, 0) is 0 Å². The number of likely N-dealkylation sites (tertiary alicyclic amines) is 1. The minimum atomic E-state index is -0.106. The summed E-state index contributed by atoms with van der Waals surface area (Å²) in [7, 11) is 0. The van der Waals surface area contributed by atoms with Crippen molar-refractivity contribution in [2.75, 3.05) is 13.1 Å². The van der Waals surface area contributed by atoms with Crippen LogP contribution < -0.4 is 5.73 Å². The van der Waals surface area contributed by atoms with Gasteiger partial charge in [-0.1, -0.05) is 42.6 Å². The van der Waals surface area contributed by atoms with Crippen molar-refractivity contribution in [1.29, 1.82) is 0 Å². The van der Waals surface area contributed by atoms with E-state index in [1.54, 1.807) is 18.2 Å². The van der Waals surface area contributed by atoms with Crippen LogP contribution in [0.4, 0.5) is 0 Å². The maximum atomic E-state index is 12.7. The van der Waals surface area contributed by atoms with E-state index in [-0.39, 0.29) is 11.9 Å². The Morgan fingerprint density at radius 1 is 1.40 bits per heavy atom. The van der Waals surface area contributed by atoms with Gasteiger partial charge in [0.1, 0.15) is 0 Å². The third-order valence-corrected chi connectivity index (χ3v) is 4.74. The molecule has 3 nitrogen and oxygen atoms in total. The molecule has 2 rings (SSSR count). The first kappa shape index (κ1) is 15.6. The molecule has 1 aromatic carbocycles. The number of amides is 1. The van der Waals surface area contributed by atoms with E-state index in [4.69, 9.17) is 28.9 Å². The first-order chi connectivity index (χ1) is 9.58. The quantitative estimate of drug-likeness (QED) is 0.926. The van der Waals surface area contributed by atoms with Crippen molar-refractivity contribution >= 4 is 29.1 Å². The minimum absolute atomic E-state index is 0.0774. The van der Waals surface area contributed by atoms with Crippen LogP contribution >= 0.6 is 23.2 Å². The lowest BCUT2D eigenvalue weighted by molar-refractivity contribution is 0.0559. The van der Waals surface area contributed by atoms with Crippen molar-refractivity contribution < 1.29 is 4.79 Å². The van der Waals surface area contributed by atoms with E-state index >= 15 is 0 Å². The van der Waals surface area contributed by atoms with Crippen LogP contribution in [0.2, 0.25) is 10.0 Å². The number of carbonyl (C=O) groups is 1. The Labute approximate surface area is 130 Å². The summed E-state index contributed by atoms with van der Waals surface area (Å²) in [5, 5.41) is 0.798. The average Bonchev–Trinajstić information content (AvgIpc) is 2.46. The zero-order chi connectivity index (χ0) is 14.7. The zero-order valence-corrected chi connectivity index (χ0v) is 13.1. The number of piperidine rings is 1. The van der Waals surface area contributed by atoms with Gasteiger partial charge < -0.3 is 10.6 Å². The van der Waals surface area contributed by atoms with Crippen molar-refractivity contribution in [2.45, 2.75) is 32.2 Å². The van der Waals surface area contributed by atoms with E-state index in [9.17, 15) is 4.79 Å². The summed E-state index contributed by atoms with van der Waals surface area (Å²) in [6.07, 6.45) is 3.10. The van der Waals surface area contributed by atoms with Gasteiger partial charge in [-0.15, -0.1) is 0 Å². The second-order valence-electron chi connectivity index (χ2n) is 5.28. The maximum absolute atomic E-state index is 12.7. The molecule has 0 aliphatic carbocycles. The molecule has 2 unspecified atom stereocenters. The fraction of sp³-hybridized carbons (Fsp3) is 0.533. The van der Waals surface area contributed by atoms with Gasteiger partial charge >= 0.3 is 0 Å². The molecule has 0 bridgehead atoms. The summed E-state index contributed by atoms with van der Waals surface area (Å²) in [5.74, 6) is 0.542. The molecule has 0 spiro atoms. The molecule has 2 atom stereocenters. The number of rotatable bonds is 3. The van der Waals surface area contributed by atoms with Crippen LogP contribution in [-0.4, -0.2) is 29.9 Å². The largest absolute Gasteiger partial charge is 0.334 e. The van der Waals surface area contributed by atoms with Gasteiger partial charge in [-0.2, -0.15) is 0 Å². The van der Waals surface area contributed by atoms with E-state index in [1.165, 1.54) is 0 Å². The summed E-state index contributed by atoms with van der Waals surface area (Å²) in [6, 6.07) is 5.20. The third kappa shape index (κ3) is 3.11. The van der Waals surface area contributed by atoms with E-state index in [0.717, 1.165) is 25.8 Å². The number of benzene rings is 1. The molecular weight excluding hydrogens is 295 g/mol. The Bertz CT molecular complexity index is 473. The molecule has 2 N–H and O–H groups in total. The molecule has 0 radical (unpaired) electrons. The topological polar surface area (TPSA) is 46.3 Å². The normalized spacial score (nSPS) is 22.9. The van der Waals surface area contributed by atoms with Crippen molar-refractivity contribution in [3.63, 3.8) is 0 Å². The van der Waals surface area contributed by atoms with Gasteiger partial charge in [0.25, 0.3) is 5.91 Å². The highest BCUT2D eigenvalue weighted by atomic mass is 35.5. The molecule has 0 aromatic heterocycles. The highest BCUT2D eigenvalue weighted by molar-refractivity contribution is 6.39. The van der Waals surface area contributed by atoms with Crippen LogP contribution in [0.25, 0.3) is 0 Å². The standard InChI is InChI=1S/C15H20Cl2N2O/c1-2-10-6-7-19(11(8-10)9-18)15(20)14-12(16)4-3-5-13(14)17/h3-5,10-11H,2,6-9,18H2,1H3. The number of halogens is 2. The molecule has 110 valence electrons. The predicted molar refractivity (Wildman–Crippen MR) is 83.4 cm³/mol. The number of carbonyl (C=O) groups excluding carboxylic acids is 1.